The van der Waals surface area contributed by atoms with Crippen molar-refractivity contribution in [3.8, 4) is 0 Å². The van der Waals surface area contributed by atoms with E-state index >= 15 is 0 Å². The molecule has 126 valence electrons. The van der Waals surface area contributed by atoms with Gasteiger partial charge in [-0.1, -0.05) is 30.2 Å². The Balaban J connectivity index is 1.80. The van der Waals surface area contributed by atoms with Gasteiger partial charge in [0.25, 0.3) is 0 Å². The number of amides is 1. The minimum Gasteiger partial charge on any atom is -0.378 e. The van der Waals surface area contributed by atoms with E-state index in [9.17, 15) is 13.2 Å². The molecule has 1 aliphatic carbocycles. The average Bonchev–Trinajstić information content (AvgIpc) is 2.74. The SMILES string of the molecule is CO[C@@H]1CS(=O)(=O)C[C@H]1NC(=O)C1(c2ccc(Cl)cc2)CCC1. The summed E-state index contributed by atoms with van der Waals surface area (Å²) >= 11 is 5.93. The van der Waals surface area contributed by atoms with E-state index in [1.54, 1.807) is 12.1 Å². The van der Waals surface area contributed by atoms with Crippen molar-refractivity contribution in [3.63, 3.8) is 0 Å². The van der Waals surface area contributed by atoms with Crippen LogP contribution in [0, 0.1) is 0 Å². The number of carbonyl (C=O) groups excluding carboxylic acids is 1. The molecule has 1 N–H and O–H groups in total. The summed E-state index contributed by atoms with van der Waals surface area (Å²) in [6.07, 6.45) is 2.02. The van der Waals surface area contributed by atoms with Crippen LogP contribution in [0.1, 0.15) is 24.8 Å². The maximum absolute atomic E-state index is 12.9. The van der Waals surface area contributed by atoms with Crippen molar-refractivity contribution in [1.29, 1.82) is 0 Å². The van der Waals surface area contributed by atoms with Gasteiger partial charge in [0.05, 0.1) is 29.1 Å². The first-order valence-electron chi connectivity index (χ1n) is 7.66. The van der Waals surface area contributed by atoms with Crippen LogP contribution in [-0.4, -0.2) is 45.1 Å². The lowest BCUT2D eigenvalue weighted by Crippen LogP contribution is -2.54. The fourth-order valence-electron chi connectivity index (χ4n) is 3.43. The predicted octanol–water partition coefficient (Wildman–Crippen LogP) is 1.69. The largest absolute Gasteiger partial charge is 0.378 e. The quantitative estimate of drug-likeness (QED) is 0.890. The molecule has 0 bridgehead atoms. The lowest BCUT2D eigenvalue weighted by molar-refractivity contribution is -0.131. The minimum atomic E-state index is -3.16. The average molecular weight is 358 g/mol. The molecule has 0 unspecified atom stereocenters. The maximum Gasteiger partial charge on any atom is 0.230 e. The highest BCUT2D eigenvalue weighted by Crippen LogP contribution is 2.44. The van der Waals surface area contributed by atoms with Gasteiger partial charge in [-0.3, -0.25) is 4.79 Å². The van der Waals surface area contributed by atoms with Crippen LogP contribution in [0.15, 0.2) is 24.3 Å². The van der Waals surface area contributed by atoms with E-state index in [-0.39, 0.29) is 17.4 Å². The second kappa shape index (κ2) is 6.07. The number of halogens is 1. The molecule has 1 aromatic carbocycles. The molecule has 1 aromatic rings. The molecule has 2 fully saturated rings. The standard InChI is InChI=1S/C16H20ClNO4S/c1-22-14-10-23(20,21)9-13(14)18-15(19)16(7-2-8-16)11-3-5-12(17)6-4-11/h3-6,13-14H,2,7-10H2,1H3,(H,18,19)/t13-,14-/m1/s1. The fraction of sp³-hybridized carbons (Fsp3) is 0.562. The topological polar surface area (TPSA) is 72.5 Å². The van der Waals surface area contributed by atoms with Gasteiger partial charge in [0, 0.05) is 12.1 Å². The van der Waals surface area contributed by atoms with Gasteiger partial charge >= 0.3 is 0 Å². The number of hydrogen-bond acceptors (Lipinski definition) is 4. The van der Waals surface area contributed by atoms with Crippen LogP contribution < -0.4 is 5.32 Å². The van der Waals surface area contributed by atoms with Crippen LogP contribution in [0.25, 0.3) is 0 Å². The summed E-state index contributed by atoms with van der Waals surface area (Å²) in [6, 6.07) is 6.83. The Hall–Kier alpha value is -1.11. The Bertz CT molecular complexity index is 697. The third kappa shape index (κ3) is 3.12. The molecular weight excluding hydrogens is 338 g/mol. The highest BCUT2D eigenvalue weighted by molar-refractivity contribution is 7.91. The number of nitrogens with one attached hydrogen (secondary N) is 1. The smallest absolute Gasteiger partial charge is 0.230 e. The second-order valence-electron chi connectivity index (χ2n) is 6.37. The molecule has 1 saturated carbocycles. The molecule has 7 heteroatoms. The third-order valence-electron chi connectivity index (χ3n) is 4.96. The number of hydrogen-bond donors (Lipinski definition) is 1. The first-order chi connectivity index (χ1) is 10.9. The van der Waals surface area contributed by atoms with Crippen molar-refractivity contribution in [2.75, 3.05) is 18.6 Å². The van der Waals surface area contributed by atoms with Crippen LogP contribution in [0.5, 0.6) is 0 Å². The molecule has 5 nitrogen and oxygen atoms in total. The van der Waals surface area contributed by atoms with Crippen LogP contribution >= 0.6 is 11.6 Å². The van der Waals surface area contributed by atoms with Crippen molar-refractivity contribution in [2.24, 2.45) is 0 Å². The van der Waals surface area contributed by atoms with E-state index in [4.69, 9.17) is 16.3 Å². The molecule has 2 atom stereocenters. The normalized spacial score (nSPS) is 28.1. The van der Waals surface area contributed by atoms with Gasteiger partial charge < -0.3 is 10.1 Å². The van der Waals surface area contributed by atoms with Crippen molar-refractivity contribution in [1.82, 2.24) is 5.32 Å². The monoisotopic (exact) mass is 357 g/mol. The van der Waals surface area contributed by atoms with E-state index in [1.807, 2.05) is 12.1 Å². The fourth-order valence-corrected chi connectivity index (χ4v) is 5.41. The molecule has 0 spiro atoms. The number of sulfone groups is 1. The van der Waals surface area contributed by atoms with Crippen molar-refractivity contribution < 1.29 is 17.9 Å². The number of rotatable bonds is 4. The van der Waals surface area contributed by atoms with Gasteiger partial charge in [-0.2, -0.15) is 0 Å². The van der Waals surface area contributed by atoms with Crippen LogP contribution in [-0.2, 0) is 24.8 Å². The number of ether oxygens (including phenoxy) is 1. The van der Waals surface area contributed by atoms with E-state index in [0.29, 0.717) is 5.02 Å². The Morgan fingerprint density at radius 2 is 1.91 bits per heavy atom. The van der Waals surface area contributed by atoms with E-state index in [1.165, 1.54) is 7.11 Å². The third-order valence-corrected chi connectivity index (χ3v) is 6.91. The first kappa shape index (κ1) is 16.7. The number of methoxy groups -OCH3 is 1. The predicted molar refractivity (Wildman–Crippen MR) is 88.4 cm³/mol. The van der Waals surface area contributed by atoms with Gasteiger partial charge in [0.2, 0.25) is 5.91 Å². The van der Waals surface area contributed by atoms with Gasteiger partial charge in [-0.25, -0.2) is 8.42 Å². The summed E-state index contributed by atoms with van der Waals surface area (Å²) in [6.45, 7) is 0. The maximum atomic E-state index is 12.9. The van der Waals surface area contributed by atoms with Gasteiger partial charge in [-0.15, -0.1) is 0 Å². The molecule has 1 heterocycles. The molecule has 3 rings (SSSR count). The highest BCUT2D eigenvalue weighted by Gasteiger charge is 2.48. The van der Waals surface area contributed by atoms with E-state index in [2.05, 4.69) is 5.32 Å². The Labute approximate surface area is 141 Å². The van der Waals surface area contributed by atoms with E-state index in [0.717, 1.165) is 24.8 Å². The van der Waals surface area contributed by atoms with Crippen molar-refractivity contribution in [3.05, 3.63) is 34.9 Å². The second-order valence-corrected chi connectivity index (χ2v) is 8.96. The summed E-state index contributed by atoms with van der Waals surface area (Å²) < 4.78 is 28.8. The summed E-state index contributed by atoms with van der Waals surface area (Å²) in [7, 11) is -1.69. The molecule has 2 aliphatic rings. The Morgan fingerprint density at radius 1 is 1.26 bits per heavy atom. The minimum absolute atomic E-state index is 0.0393. The lowest BCUT2D eigenvalue weighted by Gasteiger charge is -2.41. The molecule has 1 amide bonds. The number of carbonyl (C=O) groups is 1. The van der Waals surface area contributed by atoms with Crippen LogP contribution in [0.4, 0.5) is 0 Å². The van der Waals surface area contributed by atoms with E-state index < -0.39 is 27.4 Å². The molecule has 1 aliphatic heterocycles. The van der Waals surface area contributed by atoms with Crippen molar-refractivity contribution >= 4 is 27.3 Å². The highest BCUT2D eigenvalue weighted by atomic mass is 35.5. The molecule has 0 aromatic heterocycles. The zero-order chi connectivity index (χ0) is 16.7. The molecule has 23 heavy (non-hydrogen) atoms. The lowest BCUT2D eigenvalue weighted by atomic mass is 9.63. The molecule has 1 saturated heterocycles. The molecular formula is C16H20ClNO4S. The van der Waals surface area contributed by atoms with Gasteiger partial charge in [-0.05, 0) is 30.5 Å². The van der Waals surface area contributed by atoms with Crippen molar-refractivity contribution in [2.45, 2.75) is 36.8 Å². The summed E-state index contributed by atoms with van der Waals surface area (Å²) in [5.74, 6) is -0.216. The van der Waals surface area contributed by atoms with Gasteiger partial charge in [0.15, 0.2) is 9.84 Å². The van der Waals surface area contributed by atoms with Gasteiger partial charge in [0.1, 0.15) is 0 Å². The van der Waals surface area contributed by atoms with Crippen LogP contribution in [0.3, 0.4) is 0 Å². The summed E-state index contributed by atoms with van der Waals surface area (Å²) in [5.41, 5.74) is 0.357. The van der Waals surface area contributed by atoms with Crippen LogP contribution in [0.2, 0.25) is 5.02 Å². The summed E-state index contributed by atoms with van der Waals surface area (Å²) in [4.78, 5) is 12.9. The Kier molecular flexibility index (Phi) is 4.42. The summed E-state index contributed by atoms with van der Waals surface area (Å²) in [5, 5.41) is 3.54. The molecule has 0 radical (unpaired) electrons. The number of benzene rings is 1. The first-order valence-corrected chi connectivity index (χ1v) is 9.86. The zero-order valence-electron chi connectivity index (χ0n) is 12.9. The zero-order valence-corrected chi connectivity index (χ0v) is 14.5. The Morgan fingerprint density at radius 3 is 2.43 bits per heavy atom.